The largest absolute Gasteiger partial charge is 0.357 e. The van der Waals surface area contributed by atoms with Crippen molar-refractivity contribution in [1.82, 2.24) is 4.98 Å². The van der Waals surface area contributed by atoms with Crippen LogP contribution in [0.3, 0.4) is 0 Å². The van der Waals surface area contributed by atoms with Crippen LogP contribution in [-0.4, -0.2) is 4.98 Å². The summed E-state index contributed by atoms with van der Waals surface area (Å²) in [7, 11) is 0. The number of aryl methyl sites for hydroxylation is 3. The number of halogens is 1. The van der Waals surface area contributed by atoms with Gasteiger partial charge in [-0.3, -0.25) is 0 Å². The Morgan fingerprint density at radius 2 is 2.00 bits per heavy atom. The minimum atomic E-state index is 0.820. The fourth-order valence-corrected chi connectivity index (χ4v) is 2.41. The van der Waals surface area contributed by atoms with Gasteiger partial charge >= 0.3 is 0 Å². The average molecular weight is 222 g/mol. The Morgan fingerprint density at radius 3 is 2.67 bits per heavy atom. The predicted molar refractivity (Wildman–Crippen MR) is 66.8 cm³/mol. The van der Waals surface area contributed by atoms with E-state index in [2.05, 4.69) is 31.8 Å². The molecule has 2 aromatic rings. The van der Waals surface area contributed by atoms with Crippen molar-refractivity contribution < 1.29 is 0 Å². The Balaban J connectivity index is 2.79. The zero-order valence-electron chi connectivity index (χ0n) is 9.45. The van der Waals surface area contributed by atoms with Gasteiger partial charge in [0.15, 0.2) is 0 Å². The van der Waals surface area contributed by atoms with E-state index < -0.39 is 0 Å². The first kappa shape index (κ1) is 10.6. The second-order valence-electron chi connectivity index (χ2n) is 4.09. The van der Waals surface area contributed by atoms with Crippen molar-refractivity contribution in [2.45, 2.75) is 33.6 Å². The first-order valence-electron chi connectivity index (χ1n) is 5.41. The van der Waals surface area contributed by atoms with Gasteiger partial charge in [-0.2, -0.15) is 0 Å². The highest BCUT2D eigenvalue weighted by Gasteiger charge is 2.11. The summed E-state index contributed by atoms with van der Waals surface area (Å²) in [6.07, 6.45) is 2.28. The first-order chi connectivity index (χ1) is 7.15. The van der Waals surface area contributed by atoms with Crippen LogP contribution in [0.2, 0.25) is 5.02 Å². The van der Waals surface area contributed by atoms with Crippen LogP contribution in [0.25, 0.3) is 10.9 Å². The summed E-state index contributed by atoms with van der Waals surface area (Å²) >= 11 is 6.18. The Bertz CT molecular complexity index is 497. The molecule has 1 aromatic heterocycles. The fraction of sp³-hybridized carbons (Fsp3) is 0.385. The molecule has 0 spiro atoms. The van der Waals surface area contributed by atoms with Gasteiger partial charge in [-0.25, -0.2) is 0 Å². The van der Waals surface area contributed by atoms with Crippen LogP contribution in [0.5, 0.6) is 0 Å². The van der Waals surface area contributed by atoms with Crippen LogP contribution in [0.15, 0.2) is 12.1 Å². The second-order valence-corrected chi connectivity index (χ2v) is 4.50. The summed E-state index contributed by atoms with van der Waals surface area (Å²) in [6.45, 7) is 6.48. The maximum absolute atomic E-state index is 6.18. The molecule has 0 bridgehead atoms. The predicted octanol–water partition coefficient (Wildman–Crippen LogP) is 4.39. The van der Waals surface area contributed by atoms with Gasteiger partial charge in [0.05, 0.1) is 10.5 Å². The van der Waals surface area contributed by atoms with E-state index in [1.54, 1.807) is 0 Å². The second kappa shape index (κ2) is 3.90. The molecule has 2 heteroatoms. The molecule has 0 saturated carbocycles. The van der Waals surface area contributed by atoms with Crippen molar-refractivity contribution in [1.29, 1.82) is 0 Å². The number of aromatic amines is 1. The maximum atomic E-state index is 6.18. The van der Waals surface area contributed by atoms with Crippen LogP contribution in [0.1, 0.15) is 30.2 Å². The average Bonchev–Trinajstić information content (AvgIpc) is 2.53. The number of hydrogen-bond donors (Lipinski definition) is 1. The molecular formula is C13H16ClN. The lowest BCUT2D eigenvalue weighted by molar-refractivity contribution is 0.917. The van der Waals surface area contributed by atoms with Crippen molar-refractivity contribution in [2.75, 3.05) is 0 Å². The van der Waals surface area contributed by atoms with Crippen LogP contribution >= 0.6 is 11.6 Å². The van der Waals surface area contributed by atoms with Crippen molar-refractivity contribution in [2.24, 2.45) is 0 Å². The van der Waals surface area contributed by atoms with Crippen molar-refractivity contribution >= 4 is 22.5 Å². The molecule has 0 atom stereocenters. The quantitative estimate of drug-likeness (QED) is 0.774. The normalized spacial score (nSPS) is 11.2. The van der Waals surface area contributed by atoms with Gasteiger partial charge in [-0.15, -0.1) is 0 Å². The molecule has 1 N–H and O–H groups in total. The lowest BCUT2D eigenvalue weighted by atomic mass is 10.0. The fourth-order valence-electron chi connectivity index (χ4n) is 2.21. The van der Waals surface area contributed by atoms with Gasteiger partial charge in [0.2, 0.25) is 0 Å². The van der Waals surface area contributed by atoms with Gasteiger partial charge in [0, 0.05) is 11.1 Å². The van der Waals surface area contributed by atoms with Crippen molar-refractivity contribution in [3.05, 3.63) is 34.0 Å². The molecule has 0 aliphatic carbocycles. The van der Waals surface area contributed by atoms with Gasteiger partial charge in [-0.05, 0) is 37.5 Å². The summed E-state index contributed by atoms with van der Waals surface area (Å²) in [4.78, 5) is 3.39. The van der Waals surface area contributed by atoms with Crippen molar-refractivity contribution in [3.8, 4) is 0 Å². The minimum absolute atomic E-state index is 0.820. The van der Waals surface area contributed by atoms with Gasteiger partial charge in [-0.1, -0.05) is 31.0 Å². The van der Waals surface area contributed by atoms with E-state index in [0.29, 0.717) is 0 Å². The number of hydrogen-bond acceptors (Lipinski definition) is 0. The highest BCUT2D eigenvalue weighted by atomic mass is 35.5. The SMILES string of the molecule is CCCc1c(C)[nH]c2c(Cl)ccc(C)c12. The molecule has 0 radical (unpaired) electrons. The lowest BCUT2D eigenvalue weighted by Crippen LogP contribution is -1.86. The van der Waals surface area contributed by atoms with Gasteiger partial charge < -0.3 is 4.98 Å². The van der Waals surface area contributed by atoms with Crippen LogP contribution in [0, 0.1) is 13.8 Å². The molecule has 80 valence electrons. The number of fused-ring (bicyclic) bond motifs is 1. The third-order valence-electron chi connectivity index (χ3n) is 2.93. The Morgan fingerprint density at radius 1 is 1.27 bits per heavy atom. The smallest absolute Gasteiger partial charge is 0.0650 e. The number of aromatic nitrogens is 1. The van der Waals surface area contributed by atoms with E-state index in [1.807, 2.05) is 6.07 Å². The summed E-state index contributed by atoms with van der Waals surface area (Å²) in [5.74, 6) is 0. The van der Waals surface area contributed by atoms with E-state index in [4.69, 9.17) is 11.6 Å². The molecule has 0 amide bonds. The summed E-state index contributed by atoms with van der Waals surface area (Å²) in [6, 6.07) is 4.06. The Kier molecular flexibility index (Phi) is 2.74. The molecule has 0 fully saturated rings. The molecular weight excluding hydrogens is 206 g/mol. The van der Waals surface area contributed by atoms with E-state index in [-0.39, 0.29) is 0 Å². The number of nitrogens with one attached hydrogen (secondary N) is 1. The zero-order chi connectivity index (χ0) is 11.0. The number of H-pyrrole nitrogens is 1. The van der Waals surface area contributed by atoms with Crippen LogP contribution < -0.4 is 0 Å². The molecule has 15 heavy (non-hydrogen) atoms. The number of benzene rings is 1. The minimum Gasteiger partial charge on any atom is -0.357 e. The Hall–Kier alpha value is -0.950. The zero-order valence-corrected chi connectivity index (χ0v) is 10.2. The third-order valence-corrected chi connectivity index (χ3v) is 3.24. The van der Waals surface area contributed by atoms with E-state index in [0.717, 1.165) is 17.0 Å². The summed E-state index contributed by atoms with van der Waals surface area (Å²) in [5, 5.41) is 2.14. The molecule has 1 heterocycles. The maximum Gasteiger partial charge on any atom is 0.0650 e. The standard InChI is InChI=1S/C13H16ClN/c1-4-5-10-9(3)15-13-11(14)7-6-8(2)12(10)13/h6-7,15H,4-5H2,1-3H3. The third kappa shape index (κ3) is 1.65. The first-order valence-corrected chi connectivity index (χ1v) is 5.79. The topological polar surface area (TPSA) is 15.8 Å². The van der Waals surface area contributed by atoms with Crippen LogP contribution in [-0.2, 0) is 6.42 Å². The van der Waals surface area contributed by atoms with E-state index >= 15 is 0 Å². The van der Waals surface area contributed by atoms with Gasteiger partial charge in [0.1, 0.15) is 0 Å². The molecule has 1 aromatic carbocycles. The van der Waals surface area contributed by atoms with Crippen molar-refractivity contribution in [3.63, 3.8) is 0 Å². The Labute approximate surface area is 95.5 Å². The monoisotopic (exact) mass is 221 g/mol. The van der Waals surface area contributed by atoms with E-state index in [1.165, 1.54) is 28.6 Å². The molecule has 0 saturated heterocycles. The van der Waals surface area contributed by atoms with Gasteiger partial charge in [0.25, 0.3) is 0 Å². The molecule has 2 rings (SSSR count). The summed E-state index contributed by atoms with van der Waals surface area (Å²) in [5.41, 5.74) is 5.08. The number of rotatable bonds is 2. The lowest BCUT2D eigenvalue weighted by Gasteiger charge is -2.02. The summed E-state index contributed by atoms with van der Waals surface area (Å²) < 4.78 is 0. The molecule has 0 aliphatic rings. The molecule has 0 unspecified atom stereocenters. The molecule has 1 nitrogen and oxygen atoms in total. The highest BCUT2D eigenvalue weighted by Crippen LogP contribution is 2.31. The molecule has 0 aliphatic heterocycles. The highest BCUT2D eigenvalue weighted by molar-refractivity contribution is 6.35. The van der Waals surface area contributed by atoms with E-state index in [9.17, 15) is 0 Å². The van der Waals surface area contributed by atoms with Crippen LogP contribution in [0.4, 0.5) is 0 Å².